The first-order chi connectivity index (χ1) is 14.2. The van der Waals surface area contributed by atoms with Crippen LogP contribution in [0, 0.1) is 13.8 Å². The summed E-state index contributed by atoms with van der Waals surface area (Å²) >= 11 is 1.61. The molecular formula is C23H20F3NO2S. The Bertz CT molecular complexity index is 1070. The maximum atomic E-state index is 13.0. The number of hydrogen-bond donors (Lipinski definition) is 0. The number of benzene rings is 1. The number of aryl methyl sites for hydroxylation is 2. The molecule has 7 heteroatoms. The van der Waals surface area contributed by atoms with Crippen molar-refractivity contribution in [2.45, 2.75) is 32.5 Å². The molecule has 3 heterocycles. The molecule has 0 aliphatic carbocycles. The van der Waals surface area contributed by atoms with Crippen LogP contribution in [0.1, 0.15) is 44.7 Å². The number of carbonyl (C=O) groups is 1. The molecule has 4 rings (SSSR count). The van der Waals surface area contributed by atoms with E-state index in [9.17, 15) is 18.0 Å². The van der Waals surface area contributed by atoms with E-state index in [-0.39, 0.29) is 5.91 Å². The maximum Gasteiger partial charge on any atom is 0.416 e. The Balaban J connectivity index is 1.65. The fraction of sp³-hybridized carbons (Fsp3) is 0.261. The van der Waals surface area contributed by atoms with Crippen molar-refractivity contribution >= 4 is 23.3 Å². The van der Waals surface area contributed by atoms with Crippen molar-refractivity contribution in [3.63, 3.8) is 0 Å². The minimum atomic E-state index is -4.39. The Morgan fingerprint density at radius 2 is 1.93 bits per heavy atom. The predicted molar refractivity (Wildman–Crippen MR) is 110 cm³/mol. The Labute approximate surface area is 176 Å². The summed E-state index contributed by atoms with van der Waals surface area (Å²) in [5.41, 5.74) is 1.94. The second kappa shape index (κ2) is 7.80. The van der Waals surface area contributed by atoms with E-state index in [0.717, 1.165) is 40.3 Å². The van der Waals surface area contributed by atoms with Crippen molar-refractivity contribution in [1.82, 2.24) is 4.90 Å². The van der Waals surface area contributed by atoms with Crippen molar-refractivity contribution in [3.8, 4) is 0 Å². The zero-order chi connectivity index (χ0) is 21.5. The highest BCUT2D eigenvalue weighted by Gasteiger charge is 2.34. The van der Waals surface area contributed by atoms with E-state index in [2.05, 4.69) is 0 Å². The summed E-state index contributed by atoms with van der Waals surface area (Å²) in [5, 5.41) is 1.96. The molecule has 2 aromatic heterocycles. The summed E-state index contributed by atoms with van der Waals surface area (Å²) < 4.78 is 44.5. The molecule has 1 unspecified atom stereocenters. The lowest BCUT2D eigenvalue weighted by Gasteiger charge is -2.35. The molecule has 1 aliphatic rings. The first-order valence-corrected chi connectivity index (χ1v) is 10.4. The predicted octanol–water partition coefficient (Wildman–Crippen LogP) is 6.16. The van der Waals surface area contributed by atoms with E-state index in [0.29, 0.717) is 17.9 Å². The van der Waals surface area contributed by atoms with Gasteiger partial charge in [0, 0.05) is 17.5 Å². The third kappa shape index (κ3) is 3.94. The smallest absolute Gasteiger partial charge is 0.416 e. The minimum Gasteiger partial charge on any atom is -0.462 e. The number of nitrogens with zero attached hydrogens (tertiary/aromatic N) is 1. The normalized spacial score (nSPS) is 16.8. The van der Waals surface area contributed by atoms with Crippen LogP contribution >= 0.6 is 11.3 Å². The quantitative estimate of drug-likeness (QED) is 0.465. The van der Waals surface area contributed by atoms with Gasteiger partial charge in [0.2, 0.25) is 5.91 Å². The summed E-state index contributed by atoms with van der Waals surface area (Å²) in [4.78, 5) is 15.9. The van der Waals surface area contributed by atoms with Gasteiger partial charge in [-0.25, -0.2) is 0 Å². The molecule has 1 aliphatic heterocycles. The van der Waals surface area contributed by atoms with Crippen LogP contribution in [0.5, 0.6) is 0 Å². The molecule has 1 amide bonds. The molecule has 0 N–H and O–H groups in total. The third-order valence-electron chi connectivity index (χ3n) is 5.38. The fourth-order valence-corrected chi connectivity index (χ4v) is 4.60. The van der Waals surface area contributed by atoms with Crippen molar-refractivity contribution in [2.24, 2.45) is 0 Å². The Kier molecular flexibility index (Phi) is 5.32. The van der Waals surface area contributed by atoms with Gasteiger partial charge in [0.25, 0.3) is 0 Å². The van der Waals surface area contributed by atoms with Crippen molar-refractivity contribution < 1.29 is 22.4 Å². The number of halogens is 3. The van der Waals surface area contributed by atoms with E-state index >= 15 is 0 Å². The van der Waals surface area contributed by atoms with Gasteiger partial charge in [0.15, 0.2) is 0 Å². The number of amides is 1. The molecule has 0 spiro atoms. The van der Waals surface area contributed by atoms with E-state index in [4.69, 9.17) is 4.42 Å². The zero-order valence-corrected chi connectivity index (χ0v) is 17.3. The van der Waals surface area contributed by atoms with Crippen LogP contribution in [0.3, 0.4) is 0 Å². The van der Waals surface area contributed by atoms with Crippen molar-refractivity contribution in [1.29, 1.82) is 0 Å². The monoisotopic (exact) mass is 431 g/mol. The Morgan fingerprint density at radius 3 is 2.57 bits per heavy atom. The molecular weight excluding hydrogens is 411 g/mol. The van der Waals surface area contributed by atoms with Gasteiger partial charge >= 0.3 is 6.18 Å². The molecule has 0 saturated carbocycles. The van der Waals surface area contributed by atoms with Crippen LogP contribution in [0.15, 0.2) is 52.3 Å². The molecule has 0 fully saturated rings. The molecule has 1 atom stereocenters. The van der Waals surface area contributed by atoms with Gasteiger partial charge in [-0.2, -0.15) is 13.2 Å². The van der Waals surface area contributed by atoms with Gasteiger partial charge in [-0.15, -0.1) is 11.3 Å². The standard InChI is InChI=1S/C23H20F3NO2S/c1-14-13-18(29-15(14)2)7-8-21(28)27-11-9-20-19(10-12-30-20)22(27)16-3-5-17(6-4-16)23(24,25)26/h3-8,10,12-13,22H,9,11H2,1-2H3/b8-7+. The first-order valence-electron chi connectivity index (χ1n) is 9.53. The first kappa shape index (κ1) is 20.5. The summed E-state index contributed by atoms with van der Waals surface area (Å²) in [6.07, 6.45) is -0.569. The minimum absolute atomic E-state index is 0.205. The van der Waals surface area contributed by atoms with Crippen molar-refractivity contribution in [2.75, 3.05) is 6.54 Å². The van der Waals surface area contributed by atoms with E-state index in [1.54, 1.807) is 22.3 Å². The summed E-state index contributed by atoms with van der Waals surface area (Å²) in [6.45, 7) is 4.29. The number of hydrogen-bond acceptors (Lipinski definition) is 3. The van der Waals surface area contributed by atoms with Crippen LogP contribution in [0.4, 0.5) is 13.2 Å². The van der Waals surface area contributed by atoms with E-state index in [1.807, 2.05) is 31.4 Å². The lowest BCUT2D eigenvalue weighted by molar-refractivity contribution is -0.137. The van der Waals surface area contributed by atoms with Crippen LogP contribution in [0.25, 0.3) is 6.08 Å². The zero-order valence-electron chi connectivity index (χ0n) is 16.5. The fourth-order valence-electron chi connectivity index (χ4n) is 3.70. The van der Waals surface area contributed by atoms with E-state index in [1.165, 1.54) is 18.2 Å². The topological polar surface area (TPSA) is 33.5 Å². The number of rotatable bonds is 3. The Morgan fingerprint density at radius 1 is 1.20 bits per heavy atom. The average molecular weight is 431 g/mol. The second-order valence-corrected chi connectivity index (χ2v) is 8.33. The molecule has 30 heavy (non-hydrogen) atoms. The van der Waals surface area contributed by atoms with E-state index < -0.39 is 17.8 Å². The van der Waals surface area contributed by atoms with Gasteiger partial charge in [-0.1, -0.05) is 12.1 Å². The highest BCUT2D eigenvalue weighted by molar-refractivity contribution is 7.10. The van der Waals surface area contributed by atoms with Gasteiger partial charge in [-0.05, 0) is 72.7 Å². The second-order valence-electron chi connectivity index (χ2n) is 7.32. The van der Waals surface area contributed by atoms with Crippen LogP contribution in [-0.2, 0) is 17.4 Å². The molecule has 0 bridgehead atoms. The highest BCUT2D eigenvalue weighted by atomic mass is 32.1. The lowest BCUT2D eigenvalue weighted by atomic mass is 9.92. The summed E-state index contributed by atoms with van der Waals surface area (Å²) in [5.74, 6) is 1.19. The SMILES string of the molecule is Cc1cc(/C=C/C(=O)N2CCc3sccc3C2c2ccc(C(F)(F)F)cc2)oc1C. The summed E-state index contributed by atoms with van der Waals surface area (Å²) in [7, 11) is 0. The number of alkyl halides is 3. The summed E-state index contributed by atoms with van der Waals surface area (Å²) in [6, 6.07) is 8.46. The third-order valence-corrected chi connectivity index (χ3v) is 6.37. The number of thiophene rings is 1. The number of fused-ring (bicyclic) bond motifs is 1. The van der Waals surface area contributed by atoms with Crippen molar-refractivity contribution in [3.05, 3.63) is 86.5 Å². The molecule has 3 nitrogen and oxygen atoms in total. The number of carbonyl (C=O) groups excluding carboxylic acids is 1. The maximum absolute atomic E-state index is 13.0. The Hall–Kier alpha value is -2.80. The van der Waals surface area contributed by atoms with Gasteiger partial charge < -0.3 is 9.32 Å². The average Bonchev–Trinajstić information content (AvgIpc) is 3.31. The van der Waals surface area contributed by atoms with Crippen LogP contribution < -0.4 is 0 Å². The van der Waals surface area contributed by atoms with Crippen LogP contribution in [-0.4, -0.2) is 17.4 Å². The molecule has 0 radical (unpaired) electrons. The molecule has 0 saturated heterocycles. The molecule has 1 aromatic carbocycles. The van der Waals surface area contributed by atoms with Gasteiger partial charge in [-0.3, -0.25) is 4.79 Å². The molecule has 3 aromatic rings. The highest BCUT2D eigenvalue weighted by Crippen LogP contribution is 2.39. The number of furan rings is 1. The van der Waals surface area contributed by atoms with Gasteiger partial charge in [0.1, 0.15) is 11.5 Å². The largest absolute Gasteiger partial charge is 0.462 e. The lowest BCUT2D eigenvalue weighted by Crippen LogP contribution is -2.39. The molecule has 156 valence electrons. The van der Waals surface area contributed by atoms with Crippen LogP contribution in [0.2, 0.25) is 0 Å². The van der Waals surface area contributed by atoms with Gasteiger partial charge in [0.05, 0.1) is 11.6 Å².